The fourth-order valence-electron chi connectivity index (χ4n) is 2.94. The number of Topliss-reactive ketones (excluding diaryl/α,β-unsaturated/α-hetero) is 1. The lowest BCUT2D eigenvalue weighted by molar-refractivity contribution is 0.0970. The second kappa shape index (κ2) is 7.88. The Morgan fingerprint density at radius 3 is 2.39 bits per heavy atom. The summed E-state index contributed by atoms with van der Waals surface area (Å²) < 4.78 is 7.07. The minimum Gasteiger partial charge on any atom is -0.489 e. The lowest BCUT2D eigenvalue weighted by atomic mass is 10.1. The van der Waals surface area contributed by atoms with E-state index in [0.717, 1.165) is 5.56 Å². The van der Waals surface area contributed by atoms with Crippen molar-refractivity contribution in [3.8, 4) is 5.75 Å². The first-order chi connectivity index (χ1) is 13.7. The van der Waals surface area contributed by atoms with Gasteiger partial charge in [0.2, 0.25) is 0 Å². The molecule has 0 radical (unpaired) electrons. The molecule has 0 bridgehead atoms. The van der Waals surface area contributed by atoms with Gasteiger partial charge in [0.05, 0.1) is 23.8 Å². The molecule has 1 heterocycles. The Labute approximate surface area is 161 Å². The largest absolute Gasteiger partial charge is 0.489 e. The molecule has 0 aliphatic carbocycles. The first-order valence-electron chi connectivity index (χ1n) is 8.95. The third-order valence-corrected chi connectivity index (χ3v) is 4.47. The Kier molecular flexibility index (Phi) is 4.97. The highest BCUT2D eigenvalue weighted by Gasteiger charge is 2.10. The fraction of sp³-hybridized carbons (Fsp3) is 0.0870. The Morgan fingerprint density at radius 2 is 1.61 bits per heavy atom. The van der Waals surface area contributed by atoms with Gasteiger partial charge in [-0.25, -0.2) is 4.98 Å². The summed E-state index contributed by atoms with van der Waals surface area (Å²) in [5.41, 5.74) is 2.00. The van der Waals surface area contributed by atoms with Crippen LogP contribution in [0.2, 0.25) is 0 Å². The van der Waals surface area contributed by atoms with E-state index in [1.54, 1.807) is 42.5 Å². The highest BCUT2D eigenvalue weighted by Crippen LogP contribution is 2.15. The van der Waals surface area contributed by atoms with Crippen molar-refractivity contribution in [2.24, 2.45) is 0 Å². The molecule has 5 nitrogen and oxygen atoms in total. The van der Waals surface area contributed by atoms with Crippen LogP contribution >= 0.6 is 0 Å². The predicted octanol–water partition coefficient (Wildman–Crippen LogP) is 3.86. The molecule has 0 amide bonds. The molecule has 5 heteroatoms. The maximum atomic E-state index is 12.6. The second-order valence-corrected chi connectivity index (χ2v) is 6.42. The molecule has 0 saturated heterocycles. The molecule has 1 aromatic heterocycles. The molecule has 4 rings (SSSR count). The minimum atomic E-state index is -0.221. The maximum Gasteiger partial charge on any atom is 0.261 e. The number of rotatable bonds is 6. The van der Waals surface area contributed by atoms with Crippen LogP contribution in [0.15, 0.2) is 90.0 Å². The van der Waals surface area contributed by atoms with Crippen molar-refractivity contribution in [2.45, 2.75) is 13.2 Å². The van der Waals surface area contributed by atoms with Crippen LogP contribution in [-0.2, 0) is 13.2 Å². The zero-order chi connectivity index (χ0) is 19.3. The van der Waals surface area contributed by atoms with Gasteiger partial charge >= 0.3 is 0 Å². The maximum absolute atomic E-state index is 12.6. The van der Waals surface area contributed by atoms with Gasteiger partial charge in [-0.05, 0) is 42.0 Å². The number of carbonyl (C=O) groups is 1. The summed E-state index contributed by atoms with van der Waals surface area (Å²) in [6, 6.07) is 23.9. The zero-order valence-electron chi connectivity index (χ0n) is 15.1. The Balaban J connectivity index is 1.45. The number of ether oxygens (including phenoxy) is 1. The summed E-state index contributed by atoms with van der Waals surface area (Å²) in [5.74, 6) is 0.527. The van der Waals surface area contributed by atoms with Crippen LogP contribution in [0.25, 0.3) is 10.9 Å². The van der Waals surface area contributed by atoms with E-state index in [-0.39, 0.29) is 17.9 Å². The summed E-state index contributed by atoms with van der Waals surface area (Å²) >= 11 is 0. The fourth-order valence-corrected chi connectivity index (χ4v) is 2.94. The van der Waals surface area contributed by atoms with Crippen molar-refractivity contribution in [3.05, 3.63) is 107 Å². The van der Waals surface area contributed by atoms with Crippen molar-refractivity contribution < 1.29 is 9.53 Å². The molecule has 0 saturated carbocycles. The average Bonchev–Trinajstić information content (AvgIpc) is 2.75. The van der Waals surface area contributed by atoms with Gasteiger partial charge in [0.15, 0.2) is 5.78 Å². The highest BCUT2D eigenvalue weighted by atomic mass is 16.5. The molecule has 0 atom stereocenters. The third kappa shape index (κ3) is 3.83. The van der Waals surface area contributed by atoms with Crippen LogP contribution in [0.1, 0.15) is 15.9 Å². The lowest BCUT2D eigenvalue weighted by Crippen LogP contribution is -2.24. The van der Waals surface area contributed by atoms with Crippen molar-refractivity contribution >= 4 is 16.7 Å². The number of hydrogen-bond acceptors (Lipinski definition) is 4. The Hall–Kier alpha value is -3.73. The quantitative estimate of drug-likeness (QED) is 0.484. The molecule has 4 aromatic rings. The highest BCUT2D eigenvalue weighted by molar-refractivity contribution is 5.96. The molecule has 0 aliphatic heterocycles. The Bertz CT molecular complexity index is 1170. The molecule has 0 N–H and O–H groups in total. The van der Waals surface area contributed by atoms with Crippen LogP contribution in [0.5, 0.6) is 5.75 Å². The van der Waals surface area contributed by atoms with E-state index in [0.29, 0.717) is 28.8 Å². The van der Waals surface area contributed by atoms with E-state index in [9.17, 15) is 9.59 Å². The molecule has 0 aliphatic rings. The molecule has 0 fully saturated rings. The number of nitrogens with zero attached hydrogens (tertiary/aromatic N) is 2. The molecule has 3 aromatic carbocycles. The molecular formula is C23H18N2O3. The first kappa shape index (κ1) is 17.7. The normalized spacial score (nSPS) is 10.7. The van der Waals surface area contributed by atoms with E-state index in [1.165, 1.54) is 10.9 Å². The number of fused-ring (bicyclic) bond motifs is 1. The molecule has 0 unspecified atom stereocenters. The monoisotopic (exact) mass is 370 g/mol. The second-order valence-electron chi connectivity index (χ2n) is 6.42. The predicted molar refractivity (Wildman–Crippen MR) is 108 cm³/mol. The number of benzene rings is 3. The van der Waals surface area contributed by atoms with E-state index in [2.05, 4.69) is 4.98 Å². The van der Waals surface area contributed by atoms with E-state index < -0.39 is 0 Å². The SMILES string of the molecule is O=C(Cn1cnc2ccccc2c1=O)c1ccc(OCc2ccccc2)cc1. The third-order valence-electron chi connectivity index (χ3n) is 4.47. The van der Waals surface area contributed by atoms with Crippen LogP contribution < -0.4 is 10.3 Å². The van der Waals surface area contributed by atoms with Crippen molar-refractivity contribution in [1.29, 1.82) is 0 Å². The summed E-state index contributed by atoms with van der Waals surface area (Å²) in [5, 5.41) is 0.502. The molecule has 138 valence electrons. The van der Waals surface area contributed by atoms with Crippen LogP contribution in [0.3, 0.4) is 0 Å². The van der Waals surface area contributed by atoms with E-state index in [4.69, 9.17) is 4.74 Å². The van der Waals surface area contributed by atoms with E-state index >= 15 is 0 Å². The Morgan fingerprint density at radius 1 is 0.893 bits per heavy atom. The van der Waals surface area contributed by atoms with Gasteiger partial charge < -0.3 is 4.74 Å². The van der Waals surface area contributed by atoms with Gasteiger partial charge in [-0.3, -0.25) is 14.2 Å². The number of para-hydroxylation sites is 1. The van der Waals surface area contributed by atoms with E-state index in [1.807, 2.05) is 36.4 Å². The van der Waals surface area contributed by atoms with Crippen LogP contribution in [0, 0.1) is 0 Å². The number of hydrogen-bond donors (Lipinski definition) is 0. The van der Waals surface area contributed by atoms with Gasteiger partial charge in [0, 0.05) is 5.56 Å². The van der Waals surface area contributed by atoms with Crippen molar-refractivity contribution in [1.82, 2.24) is 9.55 Å². The van der Waals surface area contributed by atoms with Crippen molar-refractivity contribution in [2.75, 3.05) is 0 Å². The van der Waals surface area contributed by atoms with Gasteiger partial charge in [-0.1, -0.05) is 42.5 Å². The van der Waals surface area contributed by atoms with Crippen molar-refractivity contribution in [3.63, 3.8) is 0 Å². The number of aromatic nitrogens is 2. The van der Waals surface area contributed by atoms with Crippen LogP contribution in [-0.4, -0.2) is 15.3 Å². The number of ketones is 1. The molecule has 0 spiro atoms. The minimum absolute atomic E-state index is 0.0547. The first-order valence-corrected chi connectivity index (χ1v) is 8.95. The topological polar surface area (TPSA) is 61.2 Å². The van der Waals surface area contributed by atoms with Gasteiger partial charge in [0.25, 0.3) is 5.56 Å². The zero-order valence-corrected chi connectivity index (χ0v) is 15.1. The standard InChI is InChI=1S/C23H18N2O3/c26-22(14-25-16-24-21-9-5-4-8-20(21)23(25)27)18-10-12-19(13-11-18)28-15-17-6-2-1-3-7-17/h1-13,16H,14-15H2. The summed E-state index contributed by atoms with van der Waals surface area (Å²) in [4.78, 5) is 29.3. The van der Waals surface area contributed by atoms with Gasteiger partial charge in [0.1, 0.15) is 12.4 Å². The van der Waals surface area contributed by atoms with Gasteiger partial charge in [-0.2, -0.15) is 0 Å². The molecular weight excluding hydrogens is 352 g/mol. The number of carbonyl (C=O) groups excluding carboxylic acids is 1. The van der Waals surface area contributed by atoms with Crippen LogP contribution in [0.4, 0.5) is 0 Å². The summed E-state index contributed by atoms with van der Waals surface area (Å²) in [6.07, 6.45) is 1.42. The smallest absolute Gasteiger partial charge is 0.261 e. The summed E-state index contributed by atoms with van der Waals surface area (Å²) in [7, 11) is 0. The summed E-state index contributed by atoms with van der Waals surface area (Å²) in [6.45, 7) is 0.410. The molecule has 28 heavy (non-hydrogen) atoms. The average molecular weight is 370 g/mol. The van der Waals surface area contributed by atoms with Gasteiger partial charge in [-0.15, -0.1) is 0 Å². The lowest BCUT2D eigenvalue weighted by Gasteiger charge is -2.08.